The third-order valence-electron chi connectivity index (χ3n) is 3.39. The number of benzene rings is 1. The van der Waals surface area contributed by atoms with Crippen LogP contribution in [0.1, 0.15) is 23.2 Å². The minimum absolute atomic E-state index is 0.108. The molecule has 2 aromatic rings. The van der Waals surface area contributed by atoms with Crippen LogP contribution in [0.4, 0.5) is 5.69 Å². The Morgan fingerprint density at radius 3 is 2.83 bits per heavy atom. The third kappa shape index (κ3) is 4.72. The van der Waals surface area contributed by atoms with Crippen LogP contribution in [-0.2, 0) is 4.79 Å². The van der Waals surface area contributed by atoms with E-state index in [2.05, 4.69) is 15.6 Å². The Bertz CT molecular complexity index is 765. The van der Waals surface area contributed by atoms with Gasteiger partial charge < -0.3 is 10.6 Å². The molecule has 2 amide bonds. The Balaban J connectivity index is 1.56. The summed E-state index contributed by atoms with van der Waals surface area (Å²) in [5, 5.41) is 6.85. The highest BCUT2D eigenvalue weighted by atomic mass is 35.5. The van der Waals surface area contributed by atoms with Crippen LogP contribution in [0.2, 0.25) is 5.02 Å². The van der Waals surface area contributed by atoms with E-state index in [-0.39, 0.29) is 17.6 Å². The first-order chi connectivity index (χ1) is 11.6. The van der Waals surface area contributed by atoms with Crippen LogP contribution in [-0.4, -0.2) is 28.6 Å². The van der Waals surface area contributed by atoms with Crippen LogP contribution in [0.15, 0.2) is 47.6 Å². The second-order valence-corrected chi connectivity index (χ2v) is 6.83. The molecule has 1 aromatic heterocycles. The molecule has 3 rings (SSSR count). The summed E-state index contributed by atoms with van der Waals surface area (Å²) in [6.07, 6.45) is 3.71. The Hall–Kier alpha value is -2.05. The van der Waals surface area contributed by atoms with Crippen molar-refractivity contribution in [3.05, 3.63) is 53.2 Å². The Morgan fingerprint density at radius 1 is 1.25 bits per heavy atom. The lowest BCUT2D eigenvalue weighted by atomic mass is 10.2. The van der Waals surface area contributed by atoms with Gasteiger partial charge in [-0.1, -0.05) is 29.4 Å². The molecule has 1 aliphatic carbocycles. The first-order valence-corrected chi connectivity index (χ1v) is 8.92. The summed E-state index contributed by atoms with van der Waals surface area (Å²) in [4.78, 5) is 28.2. The molecule has 5 nitrogen and oxygen atoms in total. The van der Waals surface area contributed by atoms with Gasteiger partial charge in [0.2, 0.25) is 5.91 Å². The van der Waals surface area contributed by atoms with Crippen molar-refractivity contribution in [1.82, 2.24) is 10.3 Å². The van der Waals surface area contributed by atoms with Crippen LogP contribution in [0, 0.1) is 0 Å². The average molecular weight is 362 g/mol. The molecule has 24 heavy (non-hydrogen) atoms. The van der Waals surface area contributed by atoms with E-state index in [4.69, 9.17) is 11.6 Å². The predicted octanol–water partition coefficient (Wildman–Crippen LogP) is 3.36. The fourth-order valence-electron chi connectivity index (χ4n) is 2.04. The van der Waals surface area contributed by atoms with Crippen molar-refractivity contribution >= 4 is 40.9 Å². The van der Waals surface area contributed by atoms with Gasteiger partial charge in [0, 0.05) is 23.5 Å². The summed E-state index contributed by atoms with van der Waals surface area (Å²) < 4.78 is 0. The topological polar surface area (TPSA) is 71.1 Å². The van der Waals surface area contributed by atoms with Gasteiger partial charge in [0.15, 0.2) is 0 Å². The van der Waals surface area contributed by atoms with Gasteiger partial charge >= 0.3 is 0 Å². The number of nitrogens with one attached hydrogen (secondary N) is 2. The highest BCUT2D eigenvalue weighted by Gasteiger charge is 2.23. The van der Waals surface area contributed by atoms with E-state index in [1.807, 2.05) is 0 Å². The fourth-order valence-corrected chi connectivity index (χ4v) is 3.01. The first kappa shape index (κ1) is 16.8. The molecule has 1 aliphatic rings. The van der Waals surface area contributed by atoms with Crippen LogP contribution in [0.5, 0.6) is 0 Å². The number of carbonyl (C=O) groups is 2. The van der Waals surface area contributed by atoms with Crippen molar-refractivity contribution in [3.63, 3.8) is 0 Å². The molecule has 0 aliphatic heterocycles. The number of hydrogen-bond acceptors (Lipinski definition) is 4. The van der Waals surface area contributed by atoms with Crippen LogP contribution < -0.4 is 10.6 Å². The number of carbonyl (C=O) groups excluding carboxylic acids is 2. The molecule has 7 heteroatoms. The smallest absolute Gasteiger partial charge is 0.251 e. The van der Waals surface area contributed by atoms with Crippen molar-refractivity contribution in [2.75, 3.05) is 11.1 Å². The van der Waals surface area contributed by atoms with E-state index in [1.165, 1.54) is 11.8 Å². The van der Waals surface area contributed by atoms with Crippen molar-refractivity contribution in [2.24, 2.45) is 0 Å². The number of anilines is 1. The summed E-state index contributed by atoms with van der Waals surface area (Å²) in [7, 11) is 0. The first-order valence-electron chi connectivity index (χ1n) is 7.56. The Morgan fingerprint density at radius 2 is 2.08 bits per heavy atom. The van der Waals surface area contributed by atoms with Crippen LogP contribution in [0.3, 0.4) is 0 Å². The van der Waals surface area contributed by atoms with E-state index in [0.29, 0.717) is 27.3 Å². The molecule has 0 unspecified atom stereocenters. The van der Waals surface area contributed by atoms with Gasteiger partial charge in [-0.2, -0.15) is 0 Å². The third-order valence-corrected chi connectivity index (χ3v) is 4.81. The zero-order chi connectivity index (χ0) is 16.9. The minimum atomic E-state index is -0.179. The van der Waals surface area contributed by atoms with Gasteiger partial charge in [0.05, 0.1) is 10.8 Å². The van der Waals surface area contributed by atoms with Crippen molar-refractivity contribution < 1.29 is 9.59 Å². The quantitative estimate of drug-likeness (QED) is 0.774. The van der Waals surface area contributed by atoms with E-state index in [9.17, 15) is 9.59 Å². The normalized spacial score (nSPS) is 13.4. The number of amides is 2. The van der Waals surface area contributed by atoms with Crippen molar-refractivity contribution in [3.8, 4) is 0 Å². The maximum atomic E-state index is 12.1. The molecule has 2 N–H and O–H groups in total. The highest BCUT2D eigenvalue weighted by Crippen LogP contribution is 2.24. The molecule has 0 radical (unpaired) electrons. The predicted molar refractivity (Wildman–Crippen MR) is 95.5 cm³/mol. The molecular formula is C17H16ClN3O2S. The summed E-state index contributed by atoms with van der Waals surface area (Å²) in [6.45, 7) is 0. The Labute approximate surface area is 149 Å². The van der Waals surface area contributed by atoms with Gasteiger partial charge in [-0.25, -0.2) is 4.98 Å². The highest BCUT2D eigenvalue weighted by molar-refractivity contribution is 8.00. The molecule has 0 bridgehead atoms. The van der Waals surface area contributed by atoms with E-state index in [1.54, 1.807) is 42.6 Å². The molecule has 124 valence electrons. The molecular weight excluding hydrogens is 346 g/mol. The number of halogens is 1. The minimum Gasteiger partial charge on any atom is -0.349 e. The SMILES string of the molecule is O=C(CSc1ncccc1Cl)Nc1cccc(C(=O)NC2CC2)c1. The second kappa shape index (κ2) is 7.68. The summed E-state index contributed by atoms with van der Waals surface area (Å²) in [5.74, 6) is -0.0976. The molecule has 1 aromatic carbocycles. The maximum Gasteiger partial charge on any atom is 0.251 e. The summed E-state index contributed by atoms with van der Waals surface area (Å²) in [5.41, 5.74) is 1.14. The number of pyridine rings is 1. The molecule has 1 fully saturated rings. The maximum absolute atomic E-state index is 12.1. The van der Waals surface area contributed by atoms with Crippen LogP contribution >= 0.6 is 23.4 Å². The zero-order valence-electron chi connectivity index (χ0n) is 12.8. The molecule has 1 heterocycles. The fraction of sp³-hybridized carbons (Fsp3) is 0.235. The van der Waals surface area contributed by atoms with Gasteiger partial charge in [0.1, 0.15) is 5.03 Å². The number of thioether (sulfide) groups is 1. The van der Waals surface area contributed by atoms with Gasteiger partial charge in [0.25, 0.3) is 5.91 Å². The van der Waals surface area contributed by atoms with E-state index in [0.717, 1.165) is 12.8 Å². The Kier molecular flexibility index (Phi) is 5.37. The standard InChI is InChI=1S/C17H16ClN3O2S/c18-14-5-2-8-19-17(14)24-10-15(22)20-13-4-1-3-11(9-13)16(23)21-12-6-7-12/h1-5,8-9,12H,6-7,10H2,(H,20,22)(H,21,23). The number of nitrogens with zero attached hydrogens (tertiary/aromatic N) is 1. The van der Waals surface area contributed by atoms with Gasteiger partial charge in [-0.15, -0.1) is 0 Å². The summed E-state index contributed by atoms with van der Waals surface area (Å²) in [6, 6.07) is 10.7. The lowest BCUT2D eigenvalue weighted by Gasteiger charge is -2.08. The molecule has 1 saturated carbocycles. The van der Waals surface area contributed by atoms with E-state index < -0.39 is 0 Å². The average Bonchev–Trinajstić information content (AvgIpc) is 3.38. The number of aromatic nitrogens is 1. The van der Waals surface area contributed by atoms with E-state index >= 15 is 0 Å². The number of hydrogen-bond donors (Lipinski definition) is 2. The van der Waals surface area contributed by atoms with Crippen molar-refractivity contribution in [1.29, 1.82) is 0 Å². The van der Waals surface area contributed by atoms with Gasteiger partial charge in [-0.05, 0) is 43.2 Å². The van der Waals surface area contributed by atoms with Crippen molar-refractivity contribution in [2.45, 2.75) is 23.9 Å². The molecule has 0 spiro atoms. The monoisotopic (exact) mass is 361 g/mol. The molecule has 0 atom stereocenters. The largest absolute Gasteiger partial charge is 0.349 e. The lowest BCUT2D eigenvalue weighted by molar-refractivity contribution is -0.113. The van der Waals surface area contributed by atoms with Crippen LogP contribution in [0.25, 0.3) is 0 Å². The zero-order valence-corrected chi connectivity index (χ0v) is 14.4. The summed E-state index contributed by atoms with van der Waals surface area (Å²) >= 11 is 7.28. The molecule has 0 saturated heterocycles. The van der Waals surface area contributed by atoms with Gasteiger partial charge in [-0.3, -0.25) is 9.59 Å². The number of rotatable bonds is 6. The lowest BCUT2D eigenvalue weighted by Crippen LogP contribution is -2.25. The second-order valence-electron chi connectivity index (χ2n) is 5.46.